The molecule has 0 saturated carbocycles. The van der Waals surface area contributed by atoms with E-state index in [1.54, 1.807) is 13.4 Å². The van der Waals surface area contributed by atoms with Crippen molar-refractivity contribution in [3.8, 4) is 5.75 Å². The molecule has 1 aromatic rings. The van der Waals surface area contributed by atoms with Crippen LogP contribution in [0.3, 0.4) is 0 Å². The zero-order valence-electron chi connectivity index (χ0n) is 12.1. The van der Waals surface area contributed by atoms with Crippen molar-refractivity contribution in [2.75, 3.05) is 30.4 Å². The lowest BCUT2D eigenvalue weighted by Crippen LogP contribution is -2.40. The highest BCUT2D eigenvalue weighted by molar-refractivity contribution is 5.65. The van der Waals surface area contributed by atoms with Crippen molar-refractivity contribution in [1.29, 1.82) is 0 Å². The average Bonchev–Trinajstić information content (AvgIpc) is 2.47. The molecule has 5 heteroatoms. The lowest BCUT2D eigenvalue weighted by molar-refractivity contribution is 0.398. The Labute approximate surface area is 115 Å². The van der Waals surface area contributed by atoms with Crippen molar-refractivity contribution in [1.82, 2.24) is 9.97 Å². The van der Waals surface area contributed by atoms with Crippen molar-refractivity contribution in [2.45, 2.75) is 45.6 Å². The van der Waals surface area contributed by atoms with Crippen LogP contribution in [0.15, 0.2) is 6.33 Å². The Morgan fingerprint density at radius 3 is 2.89 bits per heavy atom. The molecule has 0 bridgehead atoms. The molecular weight excluding hydrogens is 240 g/mol. The molecule has 0 amide bonds. The summed E-state index contributed by atoms with van der Waals surface area (Å²) >= 11 is 0. The Balaban J connectivity index is 2.34. The molecule has 2 rings (SSSR count). The number of methoxy groups -OCH3 is 1. The van der Waals surface area contributed by atoms with Crippen LogP contribution in [0, 0.1) is 0 Å². The Hall–Kier alpha value is -1.52. The lowest BCUT2D eigenvalue weighted by atomic mass is 10.00. The summed E-state index contributed by atoms with van der Waals surface area (Å²) in [6.07, 6.45) is 6.53. The highest BCUT2D eigenvalue weighted by atomic mass is 16.5. The molecule has 0 spiro atoms. The first-order valence-electron chi connectivity index (χ1n) is 7.21. The molecule has 1 N–H and O–H groups in total. The van der Waals surface area contributed by atoms with E-state index < -0.39 is 0 Å². The topological polar surface area (TPSA) is 50.3 Å². The van der Waals surface area contributed by atoms with Crippen LogP contribution in [0.25, 0.3) is 0 Å². The Kier molecular flexibility index (Phi) is 4.82. The maximum Gasteiger partial charge on any atom is 0.204 e. The van der Waals surface area contributed by atoms with Gasteiger partial charge in [-0.25, -0.2) is 9.97 Å². The van der Waals surface area contributed by atoms with Gasteiger partial charge < -0.3 is 15.0 Å². The summed E-state index contributed by atoms with van der Waals surface area (Å²) in [5.74, 6) is 2.49. The minimum Gasteiger partial charge on any atom is -0.490 e. The van der Waals surface area contributed by atoms with E-state index in [0.29, 0.717) is 6.04 Å². The molecular formula is C14H24N4O. The van der Waals surface area contributed by atoms with Crippen molar-refractivity contribution in [3.05, 3.63) is 6.33 Å². The van der Waals surface area contributed by atoms with E-state index in [2.05, 4.69) is 34.0 Å². The second-order valence-corrected chi connectivity index (χ2v) is 4.86. The summed E-state index contributed by atoms with van der Waals surface area (Å²) in [6, 6.07) is 0.562. The van der Waals surface area contributed by atoms with Crippen LogP contribution in [-0.2, 0) is 0 Å². The van der Waals surface area contributed by atoms with Gasteiger partial charge in [-0.05, 0) is 32.6 Å². The Morgan fingerprint density at radius 2 is 2.21 bits per heavy atom. The highest BCUT2D eigenvalue weighted by Crippen LogP contribution is 2.35. The first-order valence-corrected chi connectivity index (χ1v) is 7.21. The molecule has 1 aliphatic heterocycles. The number of aromatic nitrogens is 2. The van der Waals surface area contributed by atoms with Crippen molar-refractivity contribution >= 4 is 11.6 Å². The standard InChI is InChI=1S/C14H24N4O/c1-4-11-8-6-7-9-18(11)14-12(19-3)13(15-5-2)16-10-17-14/h10-11H,4-9H2,1-3H3,(H,15,16,17). The van der Waals surface area contributed by atoms with Crippen molar-refractivity contribution < 1.29 is 4.74 Å². The largest absolute Gasteiger partial charge is 0.490 e. The molecule has 1 saturated heterocycles. The number of hydrogen-bond acceptors (Lipinski definition) is 5. The van der Waals surface area contributed by atoms with E-state index in [-0.39, 0.29) is 0 Å². The van der Waals surface area contributed by atoms with Crippen LogP contribution in [0.1, 0.15) is 39.5 Å². The molecule has 106 valence electrons. The number of hydrogen-bond donors (Lipinski definition) is 1. The number of nitrogens with zero attached hydrogens (tertiary/aromatic N) is 3. The summed E-state index contributed by atoms with van der Waals surface area (Å²) < 4.78 is 5.55. The average molecular weight is 264 g/mol. The van der Waals surface area contributed by atoms with E-state index in [1.807, 2.05) is 0 Å². The molecule has 19 heavy (non-hydrogen) atoms. The van der Waals surface area contributed by atoms with Crippen LogP contribution in [0.2, 0.25) is 0 Å². The second-order valence-electron chi connectivity index (χ2n) is 4.86. The number of nitrogens with one attached hydrogen (secondary N) is 1. The van der Waals surface area contributed by atoms with Crippen molar-refractivity contribution in [3.63, 3.8) is 0 Å². The molecule has 0 aromatic carbocycles. The van der Waals surface area contributed by atoms with Crippen LogP contribution in [0.4, 0.5) is 11.6 Å². The van der Waals surface area contributed by atoms with Gasteiger partial charge in [0, 0.05) is 19.1 Å². The van der Waals surface area contributed by atoms with E-state index in [1.165, 1.54) is 19.3 Å². The fourth-order valence-corrected chi connectivity index (χ4v) is 2.75. The molecule has 0 radical (unpaired) electrons. The van der Waals surface area contributed by atoms with Gasteiger partial charge in [-0.1, -0.05) is 6.92 Å². The molecule has 1 atom stereocenters. The van der Waals surface area contributed by atoms with E-state index >= 15 is 0 Å². The minimum absolute atomic E-state index is 0.562. The maximum atomic E-state index is 5.55. The third kappa shape index (κ3) is 2.91. The Bertz CT molecular complexity index is 410. The van der Waals surface area contributed by atoms with Gasteiger partial charge in [-0.15, -0.1) is 0 Å². The fourth-order valence-electron chi connectivity index (χ4n) is 2.75. The first-order chi connectivity index (χ1) is 9.31. The van der Waals surface area contributed by atoms with Gasteiger partial charge in [0.2, 0.25) is 5.75 Å². The van der Waals surface area contributed by atoms with Crippen LogP contribution in [-0.4, -0.2) is 36.2 Å². The normalized spacial score (nSPS) is 19.3. The van der Waals surface area contributed by atoms with Crippen LogP contribution >= 0.6 is 0 Å². The van der Waals surface area contributed by atoms with Gasteiger partial charge in [0.05, 0.1) is 7.11 Å². The summed E-state index contributed by atoms with van der Waals surface area (Å²) in [5, 5.41) is 3.24. The lowest BCUT2D eigenvalue weighted by Gasteiger charge is -2.36. The van der Waals surface area contributed by atoms with Gasteiger partial charge in [-0.2, -0.15) is 0 Å². The quantitative estimate of drug-likeness (QED) is 0.886. The third-order valence-electron chi connectivity index (χ3n) is 3.70. The molecule has 2 heterocycles. The summed E-state index contributed by atoms with van der Waals surface area (Å²) in [6.45, 7) is 6.17. The third-order valence-corrected chi connectivity index (χ3v) is 3.70. The zero-order valence-corrected chi connectivity index (χ0v) is 12.1. The van der Waals surface area contributed by atoms with Crippen LogP contribution < -0.4 is 15.0 Å². The maximum absolute atomic E-state index is 5.55. The predicted molar refractivity (Wildman–Crippen MR) is 78.0 cm³/mol. The van der Waals surface area contributed by atoms with Crippen LogP contribution in [0.5, 0.6) is 5.75 Å². The number of rotatable bonds is 5. The first kappa shape index (κ1) is 13.9. The number of anilines is 2. The molecule has 0 aliphatic carbocycles. The number of ether oxygens (including phenoxy) is 1. The van der Waals surface area contributed by atoms with Crippen molar-refractivity contribution in [2.24, 2.45) is 0 Å². The Morgan fingerprint density at radius 1 is 1.37 bits per heavy atom. The van der Waals surface area contributed by atoms with Gasteiger partial charge in [0.25, 0.3) is 0 Å². The minimum atomic E-state index is 0.562. The SMILES string of the molecule is CCNc1ncnc(N2CCCCC2CC)c1OC. The summed E-state index contributed by atoms with van der Waals surface area (Å²) in [7, 11) is 1.69. The number of piperidine rings is 1. The van der Waals surface area contributed by atoms with Gasteiger partial charge in [-0.3, -0.25) is 0 Å². The second kappa shape index (κ2) is 6.59. The fraction of sp³-hybridized carbons (Fsp3) is 0.714. The highest BCUT2D eigenvalue weighted by Gasteiger charge is 2.26. The zero-order chi connectivity index (χ0) is 13.7. The molecule has 1 aliphatic rings. The van der Waals surface area contributed by atoms with E-state index in [4.69, 9.17) is 4.74 Å². The summed E-state index contributed by atoms with van der Waals surface area (Å²) in [5.41, 5.74) is 0. The molecule has 5 nitrogen and oxygen atoms in total. The molecule has 1 aromatic heterocycles. The van der Waals surface area contributed by atoms with Gasteiger partial charge >= 0.3 is 0 Å². The van der Waals surface area contributed by atoms with Gasteiger partial charge in [0.1, 0.15) is 6.33 Å². The molecule has 1 unspecified atom stereocenters. The smallest absolute Gasteiger partial charge is 0.204 e. The monoisotopic (exact) mass is 264 g/mol. The van der Waals surface area contributed by atoms with Gasteiger partial charge in [0.15, 0.2) is 11.6 Å². The van der Waals surface area contributed by atoms with E-state index in [0.717, 1.165) is 36.9 Å². The predicted octanol–water partition coefficient (Wildman–Crippen LogP) is 2.69. The van der Waals surface area contributed by atoms with E-state index in [9.17, 15) is 0 Å². The summed E-state index contributed by atoms with van der Waals surface area (Å²) in [4.78, 5) is 11.1. The molecule has 1 fully saturated rings.